The lowest BCUT2D eigenvalue weighted by Crippen LogP contribution is -2.04. The van der Waals surface area contributed by atoms with E-state index in [1.807, 2.05) is 0 Å². The van der Waals surface area contributed by atoms with Crippen molar-refractivity contribution >= 4 is 32.4 Å². The van der Waals surface area contributed by atoms with Gasteiger partial charge in [0, 0.05) is 0 Å². The molecule has 7 rings (SSSR count). The number of benzene rings is 7. The average Bonchev–Trinajstić information content (AvgIpc) is 3.02. The second-order valence-corrected chi connectivity index (χ2v) is 11.7. The second kappa shape index (κ2) is 10.3. The summed E-state index contributed by atoms with van der Waals surface area (Å²) < 4.78 is 0. The van der Waals surface area contributed by atoms with Gasteiger partial charge in [0.25, 0.3) is 0 Å². The zero-order valence-electron chi connectivity index (χ0n) is 21.5. The van der Waals surface area contributed by atoms with Crippen LogP contribution in [0.4, 0.5) is 0 Å². The molecule has 0 fully saturated rings. The first-order chi connectivity index (χ1) is 19.3. The normalized spacial score (nSPS) is 11.3. The van der Waals surface area contributed by atoms with Crippen LogP contribution in [0, 0.1) is 0 Å². The van der Waals surface area contributed by atoms with E-state index >= 15 is 0 Å². The van der Waals surface area contributed by atoms with E-state index in [1.165, 1.54) is 58.5 Å². The Morgan fingerprint density at radius 2 is 0.667 bits per heavy atom. The standard InChI is InChI=1S/C38H27S/c1-2-14-32(15-3-1)39(33-24-20-30(21-25-33)37-18-8-12-28-10-4-6-16-35(28)37)34-26-22-31(23-27-34)38-19-9-13-29-11-5-7-17-36(29)38/h1-27H/q+1. The molecule has 0 radical (unpaired) electrons. The Labute approximate surface area is 232 Å². The molecule has 7 aromatic carbocycles. The van der Waals surface area contributed by atoms with Crippen LogP contribution in [0.15, 0.2) is 178 Å². The fourth-order valence-electron chi connectivity index (χ4n) is 5.46. The Balaban J connectivity index is 1.28. The molecule has 0 aromatic heterocycles. The van der Waals surface area contributed by atoms with Gasteiger partial charge in [-0.1, -0.05) is 103 Å². The summed E-state index contributed by atoms with van der Waals surface area (Å²) in [4.78, 5) is 3.97. The molecular weight excluding hydrogens is 488 g/mol. The number of hydrogen-bond donors (Lipinski definition) is 0. The Bertz CT molecular complexity index is 1750. The van der Waals surface area contributed by atoms with Gasteiger partial charge in [0.05, 0.1) is 10.9 Å². The van der Waals surface area contributed by atoms with Crippen molar-refractivity contribution in [2.75, 3.05) is 0 Å². The molecule has 0 saturated carbocycles. The van der Waals surface area contributed by atoms with Crippen molar-refractivity contribution < 1.29 is 0 Å². The van der Waals surface area contributed by atoms with Gasteiger partial charge in [-0.05, 0) is 104 Å². The van der Waals surface area contributed by atoms with E-state index in [2.05, 4.69) is 164 Å². The van der Waals surface area contributed by atoms with E-state index < -0.39 is 0 Å². The van der Waals surface area contributed by atoms with Crippen molar-refractivity contribution in [3.05, 3.63) is 164 Å². The van der Waals surface area contributed by atoms with Crippen molar-refractivity contribution in [3.63, 3.8) is 0 Å². The maximum absolute atomic E-state index is 2.31. The van der Waals surface area contributed by atoms with Gasteiger partial charge in [0.2, 0.25) is 0 Å². The minimum atomic E-state index is -0.198. The van der Waals surface area contributed by atoms with Crippen LogP contribution in [0.5, 0.6) is 0 Å². The van der Waals surface area contributed by atoms with E-state index in [-0.39, 0.29) is 10.9 Å². The molecule has 39 heavy (non-hydrogen) atoms. The minimum Gasteiger partial charge on any atom is -0.0619 e. The molecule has 0 unspecified atom stereocenters. The Hall–Kier alpha value is -4.59. The summed E-state index contributed by atoms with van der Waals surface area (Å²) in [6.07, 6.45) is 0. The molecule has 7 aromatic rings. The van der Waals surface area contributed by atoms with Crippen molar-refractivity contribution in [2.24, 2.45) is 0 Å². The highest BCUT2D eigenvalue weighted by Gasteiger charge is 2.28. The minimum absolute atomic E-state index is 0.198. The molecule has 0 heterocycles. The third-order valence-electron chi connectivity index (χ3n) is 7.36. The molecule has 0 bridgehead atoms. The zero-order valence-corrected chi connectivity index (χ0v) is 22.3. The summed E-state index contributed by atoms with van der Waals surface area (Å²) in [7, 11) is -0.198. The monoisotopic (exact) mass is 515 g/mol. The third kappa shape index (κ3) is 4.52. The molecule has 0 aliphatic heterocycles. The topological polar surface area (TPSA) is 0 Å². The van der Waals surface area contributed by atoms with E-state index in [1.54, 1.807) is 0 Å². The van der Waals surface area contributed by atoms with E-state index in [0.717, 1.165) is 0 Å². The van der Waals surface area contributed by atoms with E-state index in [0.29, 0.717) is 0 Å². The first-order valence-electron chi connectivity index (χ1n) is 13.3. The van der Waals surface area contributed by atoms with Crippen molar-refractivity contribution in [1.82, 2.24) is 0 Å². The summed E-state index contributed by atoms with van der Waals surface area (Å²) in [5.41, 5.74) is 5.05. The van der Waals surface area contributed by atoms with Gasteiger partial charge >= 0.3 is 0 Å². The number of fused-ring (bicyclic) bond motifs is 2. The molecule has 0 aliphatic carbocycles. The van der Waals surface area contributed by atoms with Gasteiger partial charge < -0.3 is 0 Å². The molecule has 0 amide bonds. The summed E-state index contributed by atoms with van der Waals surface area (Å²) in [6.45, 7) is 0. The lowest BCUT2D eigenvalue weighted by Gasteiger charge is -2.11. The van der Waals surface area contributed by atoms with Gasteiger partial charge in [-0.15, -0.1) is 0 Å². The third-order valence-corrected chi connectivity index (χ3v) is 9.59. The van der Waals surface area contributed by atoms with Crippen molar-refractivity contribution in [1.29, 1.82) is 0 Å². The van der Waals surface area contributed by atoms with Gasteiger partial charge in [-0.25, -0.2) is 0 Å². The van der Waals surface area contributed by atoms with Gasteiger partial charge in [0.1, 0.15) is 0 Å². The van der Waals surface area contributed by atoms with Crippen LogP contribution in [0.25, 0.3) is 43.8 Å². The number of hydrogen-bond acceptors (Lipinski definition) is 0. The first-order valence-corrected chi connectivity index (χ1v) is 14.5. The Morgan fingerprint density at radius 1 is 0.282 bits per heavy atom. The Morgan fingerprint density at radius 3 is 1.15 bits per heavy atom. The molecule has 0 aliphatic rings. The second-order valence-electron chi connectivity index (χ2n) is 9.72. The number of rotatable bonds is 5. The molecule has 0 saturated heterocycles. The molecule has 0 N–H and O–H groups in total. The lowest BCUT2D eigenvalue weighted by atomic mass is 9.98. The van der Waals surface area contributed by atoms with E-state index in [4.69, 9.17) is 0 Å². The molecule has 1 heteroatoms. The maximum Gasteiger partial charge on any atom is 0.166 e. The highest BCUT2D eigenvalue weighted by molar-refractivity contribution is 7.97. The summed E-state index contributed by atoms with van der Waals surface area (Å²) in [5, 5.41) is 5.13. The summed E-state index contributed by atoms with van der Waals surface area (Å²) in [5.74, 6) is 0. The molecule has 0 spiro atoms. The van der Waals surface area contributed by atoms with Crippen LogP contribution in [-0.2, 0) is 10.9 Å². The van der Waals surface area contributed by atoms with E-state index in [9.17, 15) is 0 Å². The first kappa shape index (κ1) is 23.5. The van der Waals surface area contributed by atoms with Crippen LogP contribution in [-0.4, -0.2) is 0 Å². The predicted molar refractivity (Wildman–Crippen MR) is 167 cm³/mol. The predicted octanol–water partition coefficient (Wildman–Crippen LogP) is 10.4. The van der Waals surface area contributed by atoms with Crippen molar-refractivity contribution in [2.45, 2.75) is 14.7 Å². The average molecular weight is 516 g/mol. The van der Waals surface area contributed by atoms with Crippen LogP contribution in [0.2, 0.25) is 0 Å². The van der Waals surface area contributed by atoms with Gasteiger partial charge in [-0.2, -0.15) is 0 Å². The fourth-order valence-corrected chi connectivity index (χ4v) is 7.52. The molecular formula is C38H27S+. The SMILES string of the molecule is c1ccc([S+](c2ccc(-c3cccc4ccccc34)cc2)c2ccc(-c3cccc4ccccc34)cc2)cc1. The molecule has 0 nitrogen and oxygen atoms in total. The highest BCUT2D eigenvalue weighted by atomic mass is 32.2. The van der Waals surface area contributed by atoms with Gasteiger partial charge in [-0.3, -0.25) is 0 Å². The molecule has 184 valence electrons. The largest absolute Gasteiger partial charge is 0.166 e. The maximum atomic E-state index is 2.31. The highest BCUT2D eigenvalue weighted by Crippen LogP contribution is 2.36. The van der Waals surface area contributed by atoms with Crippen molar-refractivity contribution in [3.8, 4) is 22.3 Å². The van der Waals surface area contributed by atoms with Crippen LogP contribution in [0.3, 0.4) is 0 Å². The summed E-state index contributed by atoms with van der Waals surface area (Å²) in [6, 6.07) is 59.6. The Kier molecular flexibility index (Phi) is 6.20. The lowest BCUT2D eigenvalue weighted by molar-refractivity contribution is 1.32. The smallest absolute Gasteiger partial charge is 0.0619 e. The zero-order chi connectivity index (χ0) is 26.0. The quantitative estimate of drug-likeness (QED) is 0.200. The van der Waals surface area contributed by atoms with Crippen LogP contribution < -0.4 is 0 Å². The van der Waals surface area contributed by atoms with Crippen LogP contribution in [0.1, 0.15) is 0 Å². The van der Waals surface area contributed by atoms with Crippen LogP contribution >= 0.6 is 0 Å². The molecule has 0 atom stereocenters. The fraction of sp³-hybridized carbons (Fsp3) is 0. The summed E-state index contributed by atoms with van der Waals surface area (Å²) >= 11 is 0. The van der Waals surface area contributed by atoms with Gasteiger partial charge in [0.15, 0.2) is 14.7 Å².